The number of nitrogens with zero attached hydrogens (tertiary/aromatic N) is 2. The third-order valence-corrected chi connectivity index (χ3v) is 5.82. The molecule has 1 N–H and O–H groups in total. The lowest BCUT2D eigenvalue weighted by Crippen LogP contribution is -2.48. The highest BCUT2D eigenvalue weighted by atomic mass is 16.6. The monoisotopic (exact) mass is 373 g/mol. The largest absolute Gasteiger partial charge is 0.497 e. The van der Waals surface area contributed by atoms with Crippen LogP contribution >= 0.6 is 0 Å². The van der Waals surface area contributed by atoms with Crippen molar-refractivity contribution in [3.8, 4) is 5.75 Å². The number of methoxy groups -OCH3 is 1. The van der Waals surface area contributed by atoms with E-state index < -0.39 is 0 Å². The predicted octanol–water partition coefficient (Wildman–Crippen LogP) is 3.27. The summed E-state index contributed by atoms with van der Waals surface area (Å²) in [7, 11) is 1.62. The summed E-state index contributed by atoms with van der Waals surface area (Å²) in [5.74, 6) is 0.714. The Labute approximate surface area is 159 Å². The molecule has 7 heteroatoms. The number of nitrogens with one attached hydrogen (secondary N) is 1. The number of urea groups is 1. The van der Waals surface area contributed by atoms with Crippen LogP contribution in [0.2, 0.25) is 0 Å². The number of amides is 3. The normalized spacial score (nSPS) is 23.0. The van der Waals surface area contributed by atoms with Gasteiger partial charge in [-0.3, -0.25) is 4.90 Å². The highest BCUT2D eigenvalue weighted by Crippen LogP contribution is 2.34. The standard InChI is InChI=1S/C20H27N3O4/c1-26-17-7-8-18-14(11-17)12-22(10-9-16-13-27-20(25)23(16)18)19(24)21-15-5-3-2-4-6-15/h7-8,11,15-16H,2-6,9-10,12-13H2,1H3,(H,21,24)/t16-/m0/s1. The summed E-state index contributed by atoms with van der Waals surface area (Å²) in [4.78, 5) is 28.8. The van der Waals surface area contributed by atoms with Crippen LogP contribution in [0, 0.1) is 0 Å². The first-order valence-corrected chi connectivity index (χ1v) is 9.84. The minimum Gasteiger partial charge on any atom is -0.497 e. The van der Waals surface area contributed by atoms with Crippen molar-refractivity contribution in [2.45, 2.75) is 57.2 Å². The zero-order chi connectivity index (χ0) is 18.8. The molecular formula is C20H27N3O4. The second-order valence-corrected chi connectivity index (χ2v) is 7.59. The fourth-order valence-corrected chi connectivity index (χ4v) is 4.29. The molecule has 0 unspecified atom stereocenters. The Morgan fingerprint density at radius 1 is 1.22 bits per heavy atom. The molecular weight excluding hydrogens is 346 g/mol. The molecule has 2 aliphatic heterocycles. The molecule has 4 rings (SSSR count). The number of carbonyl (C=O) groups excluding carboxylic acids is 2. The SMILES string of the molecule is COc1ccc2c(c1)CN(C(=O)NC1CCCCC1)CC[C@H]1COC(=O)N21. The van der Waals surface area contributed by atoms with Crippen LogP contribution in [-0.2, 0) is 11.3 Å². The van der Waals surface area contributed by atoms with Gasteiger partial charge in [-0.05, 0) is 43.0 Å². The molecule has 1 atom stereocenters. The molecule has 2 heterocycles. The maximum atomic E-state index is 12.9. The highest BCUT2D eigenvalue weighted by Gasteiger charge is 2.38. The fraction of sp³-hybridized carbons (Fsp3) is 0.600. The van der Waals surface area contributed by atoms with E-state index in [0.717, 1.165) is 24.1 Å². The summed E-state index contributed by atoms with van der Waals surface area (Å²) >= 11 is 0. The van der Waals surface area contributed by atoms with E-state index in [0.29, 0.717) is 31.9 Å². The number of ether oxygens (including phenoxy) is 2. The first-order chi connectivity index (χ1) is 13.2. The lowest BCUT2D eigenvalue weighted by Gasteiger charge is -2.34. The van der Waals surface area contributed by atoms with Gasteiger partial charge in [0.15, 0.2) is 0 Å². The van der Waals surface area contributed by atoms with Crippen LogP contribution in [0.15, 0.2) is 18.2 Å². The lowest BCUT2D eigenvalue weighted by molar-refractivity contribution is 0.175. The molecule has 146 valence electrons. The zero-order valence-corrected chi connectivity index (χ0v) is 15.8. The Bertz CT molecular complexity index is 717. The number of anilines is 1. The first kappa shape index (κ1) is 17.9. The van der Waals surface area contributed by atoms with Crippen LogP contribution in [-0.4, -0.2) is 49.4 Å². The van der Waals surface area contributed by atoms with Gasteiger partial charge in [-0.15, -0.1) is 0 Å². The Kier molecular flexibility index (Phi) is 5.09. The molecule has 1 aromatic rings. The van der Waals surface area contributed by atoms with Gasteiger partial charge in [0.25, 0.3) is 0 Å². The van der Waals surface area contributed by atoms with Gasteiger partial charge in [-0.1, -0.05) is 19.3 Å². The van der Waals surface area contributed by atoms with E-state index in [2.05, 4.69) is 5.32 Å². The van der Waals surface area contributed by atoms with E-state index in [1.165, 1.54) is 19.3 Å². The zero-order valence-electron chi connectivity index (χ0n) is 15.8. The number of hydrogen-bond acceptors (Lipinski definition) is 4. The molecule has 27 heavy (non-hydrogen) atoms. The molecule has 3 aliphatic rings. The third kappa shape index (κ3) is 3.68. The van der Waals surface area contributed by atoms with Crippen molar-refractivity contribution in [3.63, 3.8) is 0 Å². The van der Waals surface area contributed by atoms with Gasteiger partial charge in [0.2, 0.25) is 0 Å². The van der Waals surface area contributed by atoms with Crippen molar-refractivity contribution in [3.05, 3.63) is 23.8 Å². The number of benzene rings is 1. The minimum atomic E-state index is -0.313. The summed E-state index contributed by atoms with van der Waals surface area (Å²) in [5, 5.41) is 3.21. The summed E-state index contributed by atoms with van der Waals surface area (Å²) in [5.41, 5.74) is 1.70. The van der Waals surface area contributed by atoms with Gasteiger partial charge in [-0.25, -0.2) is 9.59 Å². The van der Waals surface area contributed by atoms with Crippen LogP contribution in [0.4, 0.5) is 15.3 Å². The van der Waals surface area contributed by atoms with Gasteiger partial charge >= 0.3 is 12.1 Å². The molecule has 0 aromatic heterocycles. The van der Waals surface area contributed by atoms with Crippen molar-refractivity contribution >= 4 is 17.8 Å². The average molecular weight is 373 g/mol. The van der Waals surface area contributed by atoms with E-state index in [9.17, 15) is 9.59 Å². The van der Waals surface area contributed by atoms with Crippen molar-refractivity contribution in [2.75, 3.05) is 25.2 Å². The molecule has 0 radical (unpaired) electrons. The van der Waals surface area contributed by atoms with Gasteiger partial charge in [-0.2, -0.15) is 0 Å². The lowest BCUT2D eigenvalue weighted by atomic mass is 9.96. The number of rotatable bonds is 2. The summed E-state index contributed by atoms with van der Waals surface area (Å²) in [6.07, 6.45) is 6.13. The Balaban J connectivity index is 1.58. The Hall–Kier alpha value is -2.44. The third-order valence-electron chi connectivity index (χ3n) is 5.82. The maximum Gasteiger partial charge on any atom is 0.414 e. The smallest absolute Gasteiger partial charge is 0.414 e. The molecule has 2 fully saturated rings. The molecule has 1 saturated heterocycles. The number of fused-ring (bicyclic) bond motifs is 3. The molecule has 3 amide bonds. The average Bonchev–Trinajstić information content (AvgIpc) is 3.03. The van der Waals surface area contributed by atoms with Crippen LogP contribution in [0.1, 0.15) is 44.1 Å². The van der Waals surface area contributed by atoms with Crippen LogP contribution in [0.3, 0.4) is 0 Å². The van der Waals surface area contributed by atoms with E-state index in [1.807, 2.05) is 23.1 Å². The fourth-order valence-electron chi connectivity index (χ4n) is 4.29. The predicted molar refractivity (Wildman–Crippen MR) is 101 cm³/mol. The van der Waals surface area contributed by atoms with Crippen molar-refractivity contribution < 1.29 is 19.1 Å². The highest BCUT2D eigenvalue weighted by molar-refractivity contribution is 5.91. The minimum absolute atomic E-state index is 0.0191. The van der Waals surface area contributed by atoms with Crippen molar-refractivity contribution in [2.24, 2.45) is 0 Å². The quantitative estimate of drug-likeness (QED) is 0.864. The second-order valence-electron chi connectivity index (χ2n) is 7.59. The van der Waals surface area contributed by atoms with E-state index in [-0.39, 0.29) is 24.2 Å². The first-order valence-electron chi connectivity index (χ1n) is 9.84. The van der Waals surface area contributed by atoms with Crippen LogP contribution in [0.5, 0.6) is 5.75 Å². The van der Waals surface area contributed by atoms with Crippen LogP contribution in [0.25, 0.3) is 0 Å². The summed E-state index contributed by atoms with van der Waals surface area (Å²) < 4.78 is 10.6. The molecule has 0 bridgehead atoms. The number of carbonyl (C=O) groups is 2. The van der Waals surface area contributed by atoms with Crippen molar-refractivity contribution in [1.29, 1.82) is 0 Å². The number of cyclic esters (lactones) is 1. The second kappa shape index (κ2) is 7.66. The Morgan fingerprint density at radius 3 is 2.81 bits per heavy atom. The van der Waals surface area contributed by atoms with Crippen molar-refractivity contribution in [1.82, 2.24) is 10.2 Å². The maximum absolute atomic E-state index is 12.9. The van der Waals surface area contributed by atoms with E-state index >= 15 is 0 Å². The van der Waals surface area contributed by atoms with E-state index in [4.69, 9.17) is 9.47 Å². The number of hydrogen-bond donors (Lipinski definition) is 1. The molecule has 1 aromatic carbocycles. The van der Waals surface area contributed by atoms with Gasteiger partial charge in [0.1, 0.15) is 12.4 Å². The molecule has 1 aliphatic carbocycles. The van der Waals surface area contributed by atoms with Gasteiger partial charge in [0, 0.05) is 19.1 Å². The Morgan fingerprint density at radius 2 is 2.04 bits per heavy atom. The molecule has 1 saturated carbocycles. The van der Waals surface area contributed by atoms with Gasteiger partial charge in [0.05, 0.1) is 18.8 Å². The topological polar surface area (TPSA) is 71.1 Å². The van der Waals surface area contributed by atoms with E-state index in [1.54, 1.807) is 12.0 Å². The summed E-state index contributed by atoms with van der Waals surface area (Å²) in [6.45, 7) is 1.40. The van der Waals surface area contributed by atoms with Crippen LogP contribution < -0.4 is 15.0 Å². The summed E-state index contributed by atoms with van der Waals surface area (Å²) in [6, 6.07) is 5.84. The molecule has 0 spiro atoms. The van der Waals surface area contributed by atoms with Gasteiger partial charge < -0.3 is 19.7 Å². The molecule has 7 nitrogen and oxygen atoms in total.